The van der Waals surface area contributed by atoms with Gasteiger partial charge in [-0.25, -0.2) is 4.79 Å². The van der Waals surface area contributed by atoms with Crippen molar-refractivity contribution in [3.8, 4) is 0 Å². The first-order valence-electron chi connectivity index (χ1n) is 8.20. The molecule has 1 aromatic carbocycles. The second kappa shape index (κ2) is 6.57. The number of nitrogens with zero attached hydrogens (tertiary/aromatic N) is 1. The number of alkyl halides is 3. The first kappa shape index (κ1) is 17.6. The molecule has 1 aromatic rings. The molecular weight excluding hydrogens is 337 g/mol. The summed E-state index contributed by atoms with van der Waals surface area (Å²) in [4.78, 5) is 24.5. The number of carbonyl (C=O) groups is 2. The molecule has 1 saturated heterocycles. The minimum absolute atomic E-state index is 0.259. The minimum atomic E-state index is -4.64. The molecule has 1 aliphatic carbocycles. The van der Waals surface area contributed by atoms with E-state index in [9.17, 15) is 22.8 Å². The fourth-order valence-corrected chi connectivity index (χ4v) is 3.70. The number of carboxylic acid groups (broad SMARTS) is 1. The zero-order chi connectivity index (χ0) is 18.2. The zero-order valence-corrected chi connectivity index (χ0v) is 13.4. The predicted molar refractivity (Wildman–Crippen MR) is 82.9 cm³/mol. The summed E-state index contributed by atoms with van der Waals surface area (Å²) in [5, 5.41) is 11.8. The van der Waals surface area contributed by atoms with Gasteiger partial charge in [0.1, 0.15) is 0 Å². The molecular formula is C17H19F3N2O3. The first-order chi connectivity index (χ1) is 11.8. The van der Waals surface area contributed by atoms with Crippen molar-refractivity contribution in [3.63, 3.8) is 0 Å². The highest BCUT2D eigenvalue weighted by Gasteiger charge is 2.53. The van der Waals surface area contributed by atoms with Gasteiger partial charge in [0.2, 0.25) is 0 Å². The standard InChI is InChI=1S/C17H19F3N2O3/c18-17(19,20)13-9-22(8-12(13)15(23)24)16(25)21-14-7-3-5-10-4-1-2-6-11(10)14/h1-2,4,6,12-14H,3,5,7-9H2,(H,21,25)(H,23,24)/t12-,13-,14?/m1/s1. The Morgan fingerprint density at radius 1 is 1.20 bits per heavy atom. The smallest absolute Gasteiger partial charge is 0.394 e. The molecule has 5 nitrogen and oxygen atoms in total. The van der Waals surface area contributed by atoms with Crippen molar-refractivity contribution >= 4 is 12.0 Å². The first-order valence-corrected chi connectivity index (χ1v) is 8.20. The summed E-state index contributed by atoms with van der Waals surface area (Å²) in [7, 11) is 0. The summed E-state index contributed by atoms with van der Waals surface area (Å²) in [6.07, 6.45) is -2.15. The number of hydrogen-bond donors (Lipinski definition) is 2. The van der Waals surface area contributed by atoms with E-state index in [1.54, 1.807) is 0 Å². The van der Waals surface area contributed by atoms with Crippen LogP contribution in [0, 0.1) is 11.8 Å². The number of benzene rings is 1. The van der Waals surface area contributed by atoms with E-state index in [1.807, 2.05) is 24.3 Å². The van der Waals surface area contributed by atoms with Gasteiger partial charge < -0.3 is 15.3 Å². The molecule has 1 unspecified atom stereocenters. The Kier molecular flexibility index (Phi) is 4.62. The van der Waals surface area contributed by atoms with Crippen molar-refractivity contribution in [3.05, 3.63) is 35.4 Å². The largest absolute Gasteiger partial charge is 0.481 e. The summed E-state index contributed by atoms with van der Waals surface area (Å²) < 4.78 is 39.1. The molecule has 2 N–H and O–H groups in total. The zero-order valence-electron chi connectivity index (χ0n) is 13.4. The van der Waals surface area contributed by atoms with Crippen LogP contribution in [0.5, 0.6) is 0 Å². The summed E-state index contributed by atoms with van der Waals surface area (Å²) in [5.41, 5.74) is 2.10. The van der Waals surface area contributed by atoms with Gasteiger partial charge in [-0.05, 0) is 30.4 Å². The van der Waals surface area contributed by atoms with E-state index in [0.717, 1.165) is 28.9 Å². The molecule has 136 valence electrons. The Labute approximate surface area is 142 Å². The predicted octanol–water partition coefficient (Wildman–Crippen LogP) is 2.97. The van der Waals surface area contributed by atoms with E-state index in [1.165, 1.54) is 0 Å². The summed E-state index contributed by atoms with van der Waals surface area (Å²) in [5.74, 6) is -5.18. The van der Waals surface area contributed by atoms with Crippen LogP contribution >= 0.6 is 0 Å². The Balaban J connectivity index is 1.71. The maximum Gasteiger partial charge on any atom is 0.394 e. The molecule has 1 aliphatic heterocycles. The second-order valence-electron chi connectivity index (χ2n) is 6.59. The lowest BCUT2D eigenvalue weighted by Crippen LogP contribution is -2.42. The van der Waals surface area contributed by atoms with Crippen LogP contribution in [0.2, 0.25) is 0 Å². The molecule has 0 bridgehead atoms. The summed E-state index contributed by atoms with van der Waals surface area (Å²) in [6.45, 7) is -1.06. The van der Waals surface area contributed by atoms with E-state index in [-0.39, 0.29) is 6.04 Å². The molecule has 25 heavy (non-hydrogen) atoms. The number of carboxylic acids is 1. The molecule has 2 aliphatic rings. The maximum absolute atomic E-state index is 13.0. The van der Waals surface area contributed by atoms with E-state index in [2.05, 4.69) is 5.32 Å². The fourth-order valence-electron chi connectivity index (χ4n) is 3.70. The summed E-state index contributed by atoms with van der Waals surface area (Å²) in [6, 6.07) is 6.75. The number of hydrogen-bond acceptors (Lipinski definition) is 2. The Morgan fingerprint density at radius 2 is 1.92 bits per heavy atom. The van der Waals surface area contributed by atoms with Crippen LogP contribution in [0.25, 0.3) is 0 Å². The lowest BCUT2D eigenvalue weighted by molar-refractivity contribution is -0.187. The third kappa shape index (κ3) is 3.57. The number of fused-ring (bicyclic) bond motifs is 1. The Hall–Kier alpha value is -2.25. The lowest BCUT2D eigenvalue weighted by atomic mass is 9.88. The van der Waals surface area contributed by atoms with Crippen LogP contribution in [0.1, 0.15) is 30.0 Å². The van der Waals surface area contributed by atoms with Gasteiger partial charge in [0, 0.05) is 13.1 Å². The number of rotatable bonds is 2. The SMILES string of the molecule is O=C(O)[C@@H]1CN(C(=O)NC2CCCc3ccccc32)C[C@H]1C(F)(F)F. The van der Waals surface area contributed by atoms with E-state index in [0.29, 0.717) is 6.42 Å². The highest BCUT2D eigenvalue weighted by molar-refractivity contribution is 5.78. The van der Waals surface area contributed by atoms with Crippen LogP contribution in [0.3, 0.4) is 0 Å². The average Bonchev–Trinajstić information content (AvgIpc) is 3.01. The van der Waals surface area contributed by atoms with Crippen LogP contribution < -0.4 is 5.32 Å². The molecule has 0 radical (unpaired) electrons. The van der Waals surface area contributed by atoms with E-state index < -0.39 is 43.1 Å². The third-order valence-electron chi connectivity index (χ3n) is 5.01. The quantitative estimate of drug-likeness (QED) is 0.856. The van der Waals surface area contributed by atoms with Gasteiger partial charge in [-0.2, -0.15) is 13.2 Å². The van der Waals surface area contributed by atoms with Crippen molar-refractivity contribution in [1.82, 2.24) is 10.2 Å². The highest BCUT2D eigenvalue weighted by Crippen LogP contribution is 2.38. The van der Waals surface area contributed by atoms with Gasteiger partial charge >= 0.3 is 18.2 Å². The van der Waals surface area contributed by atoms with Crippen LogP contribution in [0.15, 0.2) is 24.3 Å². The van der Waals surface area contributed by atoms with Gasteiger partial charge in [0.15, 0.2) is 0 Å². The van der Waals surface area contributed by atoms with E-state index in [4.69, 9.17) is 5.11 Å². The van der Waals surface area contributed by atoms with Crippen molar-refractivity contribution in [1.29, 1.82) is 0 Å². The van der Waals surface area contributed by atoms with Gasteiger partial charge in [0.25, 0.3) is 0 Å². The van der Waals surface area contributed by atoms with E-state index >= 15 is 0 Å². The monoisotopic (exact) mass is 356 g/mol. The summed E-state index contributed by atoms with van der Waals surface area (Å²) >= 11 is 0. The van der Waals surface area contributed by atoms with Crippen LogP contribution in [-0.2, 0) is 11.2 Å². The molecule has 3 atom stereocenters. The molecule has 8 heteroatoms. The fraction of sp³-hybridized carbons (Fsp3) is 0.529. The molecule has 1 fully saturated rings. The molecule has 1 heterocycles. The van der Waals surface area contributed by atoms with Crippen molar-refractivity contribution in [2.75, 3.05) is 13.1 Å². The molecule has 0 aromatic heterocycles. The van der Waals surface area contributed by atoms with Gasteiger partial charge in [-0.1, -0.05) is 24.3 Å². The second-order valence-corrected chi connectivity index (χ2v) is 6.59. The van der Waals surface area contributed by atoms with Crippen molar-refractivity contribution < 1.29 is 27.9 Å². The van der Waals surface area contributed by atoms with Crippen molar-refractivity contribution in [2.45, 2.75) is 31.5 Å². The van der Waals surface area contributed by atoms with Crippen LogP contribution in [0.4, 0.5) is 18.0 Å². The molecule has 2 amide bonds. The average molecular weight is 356 g/mol. The topological polar surface area (TPSA) is 69.6 Å². The molecule has 3 rings (SSSR count). The minimum Gasteiger partial charge on any atom is -0.481 e. The van der Waals surface area contributed by atoms with Gasteiger partial charge in [0.05, 0.1) is 17.9 Å². The van der Waals surface area contributed by atoms with Crippen molar-refractivity contribution in [2.24, 2.45) is 11.8 Å². The normalized spacial score (nSPS) is 26.2. The third-order valence-corrected chi connectivity index (χ3v) is 5.01. The van der Waals surface area contributed by atoms with Gasteiger partial charge in [-0.15, -0.1) is 0 Å². The number of nitrogens with one attached hydrogen (secondary N) is 1. The number of carbonyl (C=O) groups excluding carboxylic acids is 1. The molecule has 0 spiro atoms. The number of halogens is 3. The number of likely N-dealkylation sites (tertiary alicyclic amines) is 1. The number of amides is 2. The Morgan fingerprint density at radius 3 is 2.56 bits per heavy atom. The number of aryl methyl sites for hydroxylation is 1. The lowest BCUT2D eigenvalue weighted by Gasteiger charge is -2.28. The number of aliphatic carboxylic acids is 1. The van der Waals surface area contributed by atoms with Crippen LogP contribution in [-0.4, -0.2) is 41.3 Å². The molecule has 0 saturated carbocycles. The highest BCUT2D eigenvalue weighted by atomic mass is 19.4. The maximum atomic E-state index is 13.0. The number of urea groups is 1. The Bertz CT molecular complexity index is 677. The van der Waals surface area contributed by atoms with Gasteiger partial charge in [-0.3, -0.25) is 4.79 Å².